The summed E-state index contributed by atoms with van der Waals surface area (Å²) in [5.41, 5.74) is 6.83. The van der Waals surface area contributed by atoms with Crippen LogP contribution in [-0.2, 0) is 7.05 Å². The summed E-state index contributed by atoms with van der Waals surface area (Å²) in [5, 5.41) is 0. The standard InChI is InChI=1S/C8H13N2/c1-7(9)8-3-5-10(2)6-4-8/h3-7H,9H2,1-2H3/q+1/t7-/m1/s1. The Labute approximate surface area is 61.3 Å². The summed E-state index contributed by atoms with van der Waals surface area (Å²) in [6.45, 7) is 1.98. The van der Waals surface area contributed by atoms with Crippen molar-refractivity contribution in [1.82, 2.24) is 0 Å². The molecule has 1 atom stereocenters. The molecule has 0 bridgehead atoms. The van der Waals surface area contributed by atoms with Crippen LogP contribution < -0.4 is 10.3 Å². The molecule has 0 fully saturated rings. The maximum atomic E-state index is 5.65. The van der Waals surface area contributed by atoms with Crippen LogP contribution in [0.5, 0.6) is 0 Å². The maximum Gasteiger partial charge on any atom is 0.168 e. The van der Waals surface area contributed by atoms with E-state index in [2.05, 4.69) is 0 Å². The molecule has 1 rings (SSSR count). The summed E-state index contributed by atoms with van der Waals surface area (Å²) in [6, 6.07) is 4.20. The molecule has 1 heterocycles. The highest BCUT2D eigenvalue weighted by molar-refractivity contribution is 5.10. The highest BCUT2D eigenvalue weighted by Gasteiger charge is 1.98. The lowest BCUT2D eigenvalue weighted by Crippen LogP contribution is -2.26. The van der Waals surface area contributed by atoms with Crippen molar-refractivity contribution in [2.24, 2.45) is 12.8 Å². The summed E-state index contributed by atoms with van der Waals surface area (Å²) in [6.07, 6.45) is 4.00. The molecule has 0 saturated carbocycles. The lowest BCUT2D eigenvalue weighted by molar-refractivity contribution is -0.671. The number of pyridine rings is 1. The summed E-state index contributed by atoms with van der Waals surface area (Å²) in [5.74, 6) is 0. The molecule has 0 aliphatic heterocycles. The zero-order chi connectivity index (χ0) is 7.56. The van der Waals surface area contributed by atoms with E-state index in [1.54, 1.807) is 0 Å². The first-order valence-electron chi connectivity index (χ1n) is 3.41. The van der Waals surface area contributed by atoms with Crippen molar-refractivity contribution in [3.8, 4) is 0 Å². The number of aryl methyl sites for hydroxylation is 1. The van der Waals surface area contributed by atoms with E-state index in [1.165, 1.54) is 5.56 Å². The van der Waals surface area contributed by atoms with Gasteiger partial charge in [-0.05, 0) is 12.5 Å². The fraction of sp³-hybridized carbons (Fsp3) is 0.375. The third kappa shape index (κ3) is 1.54. The topological polar surface area (TPSA) is 29.9 Å². The van der Waals surface area contributed by atoms with Gasteiger partial charge in [-0.25, -0.2) is 4.57 Å². The molecular weight excluding hydrogens is 124 g/mol. The van der Waals surface area contributed by atoms with Gasteiger partial charge in [-0.2, -0.15) is 0 Å². The van der Waals surface area contributed by atoms with Crippen molar-refractivity contribution in [3.63, 3.8) is 0 Å². The first kappa shape index (κ1) is 7.22. The minimum Gasteiger partial charge on any atom is -0.324 e. The smallest absolute Gasteiger partial charge is 0.168 e. The number of hydrogen-bond acceptors (Lipinski definition) is 1. The Hall–Kier alpha value is -0.890. The van der Waals surface area contributed by atoms with Crippen LogP contribution in [0.3, 0.4) is 0 Å². The van der Waals surface area contributed by atoms with Crippen molar-refractivity contribution in [2.75, 3.05) is 0 Å². The predicted octanol–water partition coefficient (Wildman–Crippen LogP) is 0.531. The fourth-order valence-corrected chi connectivity index (χ4v) is 0.816. The molecule has 0 spiro atoms. The number of rotatable bonds is 1. The predicted molar refractivity (Wildman–Crippen MR) is 40.2 cm³/mol. The fourth-order valence-electron chi connectivity index (χ4n) is 0.816. The molecule has 2 N–H and O–H groups in total. The molecule has 54 valence electrons. The zero-order valence-electron chi connectivity index (χ0n) is 6.41. The second kappa shape index (κ2) is 2.80. The molecule has 0 unspecified atom stereocenters. The van der Waals surface area contributed by atoms with Gasteiger partial charge in [0.1, 0.15) is 7.05 Å². The van der Waals surface area contributed by atoms with E-state index in [9.17, 15) is 0 Å². The van der Waals surface area contributed by atoms with E-state index >= 15 is 0 Å². The van der Waals surface area contributed by atoms with E-state index < -0.39 is 0 Å². The van der Waals surface area contributed by atoms with Gasteiger partial charge in [0.2, 0.25) is 0 Å². The third-order valence-corrected chi connectivity index (χ3v) is 1.53. The maximum absolute atomic E-state index is 5.65. The van der Waals surface area contributed by atoms with Gasteiger partial charge >= 0.3 is 0 Å². The second-order valence-corrected chi connectivity index (χ2v) is 2.59. The van der Waals surface area contributed by atoms with Crippen molar-refractivity contribution in [1.29, 1.82) is 0 Å². The van der Waals surface area contributed by atoms with E-state index in [-0.39, 0.29) is 6.04 Å². The Morgan fingerprint density at radius 2 is 1.90 bits per heavy atom. The molecule has 10 heavy (non-hydrogen) atoms. The van der Waals surface area contributed by atoms with Crippen molar-refractivity contribution < 1.29 is 4.57 Å². The SMILES string of the molecule is C[C@@H](N)c1cc[n+](C)cc1. The van der Waals surface area contributed by atoms with Crippen LogP contribution in [0.1, 0.15) is 18.5 Å². The average Bonchev–Trinajstić information content (AvgIpc) is 1.88. The van der Waals surface area contributed by atoms with Gasteiger partial charge in [0.05, 0.1) is 0 Å². The van der Waals surface area contributed by atoms with Crippen LogP contribution in [0.4, 0.5) is 0 Å². The minimum atomic E-state index is 0.140. The molecule has 0 aliphatic rings. The van der Waals surface area contributed by atoms with E-state index in [4.69, 9.17) is 5.73 Å². The number of nitrogens with two attached hydrogens (primary N) is 1. The van der Waals surface area contributed by atoms with Crippen LogP contribution in [0.15, 0.2) is 24.5 Å². The minimum absolute atomic E-state index is 0.140. The molecule has 2 nitrogen and oxygen atoms in total. The molecule has 0 saturated heterocycles. The Kier molecular flexibility index (Phi) is 2.02. The van der Waals surface area contributed by atoms with E-state index in [1.807, 2.05) is 43.1 Å². The number of aromatic nitrogens is 1. The van der Waals surface area contributed by atoms with Gasteiger partial charge in [0, 0.05) is 18.2 Å². The summed E-state index contributed by atoms with van der Waals surface area (Å²) in [7, 11) is 1.99. The van der Waals surface area contributed by atoms with Crippen LogP contribution in [0, 0.1) is 0 Å². The van der Waals surface area contributed by atoms with Crippen molar-refractivity contribution in [2.45, 2.75) is 13.0 Å². The Bertz CT molecular complexity index is 201. The zero-order valence-corrected chi connectivity index (χ0v) is 6.41. The normalized spacial score (nSPS) is 13.1. The van der Waals surface area contributed by atoms with Crippen LogP contribution in [0.25, 0.3) is 0 Å². The van der Waals surface area contributed by atoms with Crippen LogP contribution >= 0.6 is 0 Å². The molecule has 2 heteroatoms. The molecular formula is C8H13N2+. The van der Waals surface area contributed by atoms with Gasteiger partial charge in [0.25, 0.3) is 0 Å². The van der Waals surface area contributed by atoms with Gasteiger partial charge < -0.3 is 5.73 Å². The number of nitrogens with zero attached hydrogens (tertiary/aromatic N) is 1. The van der Waals surface area contributed by atoms with Crippen molar-refractivity contribution >= 4 is 0 Å². The van der Waals surface area contributed by atoms with Gasteiger partial charge in [-0.3, -0.25) is 0 Å². The first-order valence-corrected chi connectivity index (χ1v) is 3.41. The monoisotopic (exact) mass is 137 g/mol. The van der Waals surface area contributed by atoms with Gasteiger partial charge in [-0.1, -0.05) is 0 Å². The average molecular weight is 137 g/mol. The summed E-state index contributed by atoms with van der Waals surface area (Å²) >= 11 is 0. The van der Waals surface area contributed by atoms with Gasteiger partial charge in [0.15, 0.2) is 12.4 Å². The van der Waals surface area contributed by atoms with Crippen LogP contribution in [0.2, 0.25) is 0 Å². The molecule has 0 aromatic carbocycles. The Morgan fingerprint density at radius 1 is 1.40 bits per heavy atom. The lowest BCUT2D eigenvalue weighted by Gasteiger charge is -2.01. The van der Waals surface area contributed by atoms with E-state index in [0.717, 1.165) is 0 Å². The first-order chi connectivity index (χ1) is 4.70. The highest BCUT2D eigenvalue weighted by Crippen LogP contribution is 2.04. The lowest BCUT2D eigenvalue weighted by atomic mass is 10.1. The molecule has 0 aliphatic carbocycles. The molecule has 0 amide bonds. The molecule has 0 radical (unpaired) electrons. The summed E-state index contributed by atoms with van der Waals surface area (Å²) in [4.78, 5) is 0. The van der Waals surface area contributed by atoms with Crippen molar-refractivity contribution in [3.05, 3.63) is 30.1 Å². The highest BCUT2D eigenvalue weighted by atomic mass is 14.9. The van der Waals surface area contributed by atoms with Crippen LogP contribution in [-0.4, -0.2) is 0 Å². The molecule has 1 aromatic heterocycles. The quantitative estimate of drug-likeness (QED) is 0.562. The Balaban J connectivity index is 2.89. The number of hydrogen-bond donors (Lipinski definition) is 1. The van der Waals surface area contributed by atoms with E-state index in [0.29, 0.717) is 0 Å². The second-order valence-electron chi connectivity index (χ2n) is 2.59. The Morgan fingerprint density at radius 3 is 2.30 bits per heavy atom. The van der Waals surface area contributed by atoms with Gasteiger partial charge in [-0.15, -0.1) is 0 Å². The third-order valence-electron chi connectivity index (χ3n) is 1.53. The summed E-state index contributed by atoms with van der Waals surface area (Å²) < 4.78 is 1.99. The molecule has 1 aromatic rings. The largest absolute Gasteiger partial charge is 0.324 e.